The van der Waals surface area contributed by atoms with E-state index in [4.69, 9.17) is 5.73 Å². The van der Waals surface area contributed by atoms with Crippen molar-refractivity contribution in [3.8, 4) is 0 Å². The van der Waals surface area contributed by atoms with E-state index in [0.29, 0.717) is 5.56 Å². The maximum absolute atomic E-state index is 10.9. The number of rotatable bonds is 1. The third kappa shape index (κ3) is 1.67. The summed E-state index contributed by atoms with van der Waals surface area (Å²) in [5.41, 5.74) is 7.79. The summed E-state index contributed by atoms with van der Waals surface area (Å²) in [5.74, 6) is -0.389. The fourth-order valence-corrected chi connectivity index (χ4v) is 2.10. The predicted molar refractivity (Wildman–Crippen MR) is 52.1 cm³/mol. The molecular weight excluding hydrogens is 218 g/mol. The second-order valence-corrected chi connectivity index (χ2v) is 3.66. The normalized spacial score (nSPS) is 9.92. The first kappa shape index (κ1) is 9.26. The molecule has 0 bridgehead atoms. The van der Waals surface area contributed by atoms with E-state index < -0.39 is 0 Å². The Balaban J connectivity index is 3.38. The molecule has 0 aliphatic heterocycles. The molecule has 0 fully saturated rings. The number of amides is 1. The Labute approximate surface area is 79.9 Å². The minimum Gasteiger partial charge on any atom is -0.366 e. The van der Waals surface area contributed by atoms with E-state index in [-0.39, 0.29) is 5.91 Å². The molecule has 64 valence electrons. The van der Waals surface area contributed by atoms with Crippen LogP contribution in [0.4, 0.5) is 0 Å². The monoisotopic (exact) mass is 227 g/mol. The van der Waals surface area contributed by atoms with Crippen LogP contribution >= 0.6 is 15.9 Å². The summed E-state index contributed by atoms with van der Waals surface area (Å²) in [5, 5.41) is 0. The van der Waals surface area contributed by atoms with Crippen molar-refractivity contribution in [2.24, 2.45) is 5.73 Å². The summed E-state index contributed by atoms with van der Waals surface area (Å²) in [6.45, 7) is 3.85. The smallest absolute Gasteiger partial charge is 0.250 e. The van der Waals surface area contributed by atoms with Crippen molar-refractivity contribution >= 4 is 21.8 Å². The lowest BCUT2D eigenvalue weighted by atomic mass is 10.1. The van der Waals surface area contributed by atoms with Crippen molar-refractivity contribution in [3.63, 3.8) is 0 Å². The largest absolute Gasteiger partial charge is 0.366 e. The highest BCUT2D eigenvalue weighted by molar-refractivity contribution is 9.10. The van der Waals surface area contributed by atoms with Gasteiger partial charge < -0.3 is 5.73 Å². The van der Waals surface area contributed by atoms with E-state index in [1.165, 1.54) is 0 Å². The highest BCUT2D eigenvalue weighted by atomic mass is 79.9. The molecular formula is C9H10BrNO. The molecule has 0 radical (unpaired) electrons. The van der Waals surface area contributed by atoms with Crippen LogP contribution in [0.2, 0.25) is 0 Å². The number of benzene rings is 1. The fourth-order valence-electron chi connectivity index (χ4n) is 1.23. The minimum absolute atomic E-state index is 0.389. The number of hydrogen-bond donors (Lipinski definition) is 1. The van der Waals surface area contributed by atoms with Crippen LogP contribution in [0.1, 0.15) is 21.5 Å². The van der Waals surface area contributed by atoms with Gasteiger partial charge >= 0.3 is 0 Å². The molecule has 0 aliphatic rings. The number of carbonyl (C=O) groups excluding carboxylic acids is 1. The first-order valence-corrected chi connectivity index (χ1v) is 4.38. The molecule has 2 nitrogen and oxygen atoms in total. The van der Waals surface area contributed by atoms with Crippen molar-refractivity contribution in [3.05, 3.63) is 33.3 Å². The van der Waals surface area contributed by atoms with Gasteiger partial charge in [0.05, 0.1) is 5.56 Å². The Kier molecular flexibility index (Phi) is 2.52. The van der Waals surface area contributed by atoms with E-state index in [9.17, 15) is 4.79 Å². The Morgan fingerprint density at radius 3 is 2.42 bits per heavy atom. The molecule has 0 spiro atoms. The molecule has 2 N–H and O–H groups in total. The quantitative estimate of drug-likeness (QED) is 0.786. The number of carbonyl (C=O) groups is 1. The molecule has 0 unspecified atom stereocenters. The first-order valence-electron chi connectivity index (χ1n) is 3.59. The number of hydrogen-bond acceptors (Lipinski definition) is 1. The van der Waals surface area contributed by atoms with E-state index >= 15 is 0 Å². The molecule has 1 aromatic rings. The van der Waals surface area contributed by atoms with Crippen molar-refractivity contribution in [2.75, 3.05) is 0 Å². The predicted octanol–water partition coefficient (Wildman–Crippen LogP) is 2.16. The Morgan fingerprint density at radius 1 is 1.42 bits per heavy atom. The Hall–Kier alpha value is -0.830. The lowest BCUT2D eigenvalue weighted by Crippen LogP contribution is -2.13. The van der Waals surface area contributed by atoms with Gasteiger partial charge in [0, 0.05) is 4.47 Å². The number of nitrogens with two attached hydrogens (primary N) is 1. The molecule has 0 aliphatic carbocycles. The number of aryl methyl sites for hydroxylation is 2. The summed E-state index contributed by atoms with van der Waals surface area (Å²) in [4.78, 5) is 10.9. The highest BCUT2D eigenvalue weighted by Gasteiger charge is 2.09. The maximum Gasteiger partial charge on any atom is 0.250 e. The number of primary amides is 1. The molecule has 1 aromatic carbocycles. The van der Waals surface area contributed by atoms with Gasteiger partial charge in [-0.1, -0.05) is 6.07 Å². The lowest BCUT2D eigenvalue weighted by molar-refractivity contribution is 0.0999. The second kappa shape index (κ2) is 3.27. The van der Waals surface area contributed by atoms with Crippen molar-refractivity contribution in [2.45, 2.75) is 13.8 Å². The van der Waals surface area contributed by atoms with E-state index in [1.807, 2.05) is 26.0 Å². The van der Waals surface area contributed by atoms with Crippen molar-refractivity contribution in [1.82, 2.24) is 0 Å². The van der Waals surface area contributed by atoms with Crippen molar-refractivity contribution < 1.29 is 4.79 Å². The molecule has 0 atom stereocenters. The van der Waals surface area contributed by atoms with Crippen LogP contribution < -0.4 is 5.73 Å². The first-order chi connectivity index (χ1) is 5.52. The van der Waals surface area contributed by atoms with Gasteiger partial charge in [-0.05, 0) is 47.0 Å². The average molecular weight is 228 g/mol. The van der Waals surface area contributed by atoms with Gasteiger partial charge in [0.25, 0.3) is 0 Å². The molecule has 1 amide bonds. The summed E-state index contributed by atoms with van der Waals surface area (Å²) in [6, 6.07) is 3.82. The van der Waals surface area contributed by atoms with Gasteiger partial charge in [-0.3, -0.25) is 4.79 Å². The van der Waals surface area contributed by atoms with Gasteiger partial charge in [0.2, 0.25) is 5.91 Å². The third-order valence-electron chi connectivity index (χ3n) is 1.68. The molecule has 12 heavy (non-hydrogen) atoms. The molecule has 3 heteroatoms. The zero-order valence-electron chi connectivity index (χ0n) is 7.02. The van der Waals surface area contributed by atoms with Crippen LogP contribution in [-0.4, -0.2) is 5.91 Å². The number of halogens is 1. The Bertz CT molecular complexity index is 310. The minimum atomic E-state index is -0.389. The maximum atomic E-state index is 10.9. The van der Waals surface area contributed by atoms with Crippen LogP contribution in [0.3, 0.4) is 0 Å². The zero-order valence-corrected chi connectivity index (χ0v) is 8.60. The van der Waals surface area contributed by atoms with Gasteiger partial charge in [0.15, 0.2) is 0 Å². The molecule has 0 aromatic heterocycles. The van der Waals surface area contributed by atoms with Crippen molar-refractivity contribution in [1.29, 1.82) is 0 Å². The highest BCUT2D eigenvalue weighted by Crippen LogP contribution is 2.21. The standard InChI is InChI=1S/C9H10BrNO/c1-5-3-6(2)8(9(11)12)7(10)4-5/h3-4H,1-2H3,(H2,11,12). The third-order valence-corrected chi connectivity index (χ3v) is 2.30. The average Bonchev–Trinajstić information content (AvgIpc) is 1.82. The second-order valence-electron chi connectivity index (χ2n) is 2.80. The molecule has 1 rings (SSSR count). The SMILES string of the molecule is Cc1cc(C)c(C(N)=O)c(Br)c1. The van der Waals surface area contributed by atoms with Crippen LogP contribution in [-0.2, 0) is 0 Å². The summed E-state index contributed by atoms with van der Waals surface area (Å²) >= 11 is 3.30. The molecule has 0 saturated heterocycles. The van der Waals surface area contributed by atoms with E-state index in [1.54, 1.807) is 0 Å². The van der Waals surface area contributed by atoms with E-state index in [2.05, 4.69) is 15.9 Å². The van der Waals surface area contributed by atoms with Crippen LogP contribution in [0.15, 0.2) is 16.6 Å². The fraction of sp³-hybridized carbons (Fsp3) is 0.222. The van der Waals surface area contributed by atoms with Crippen LogP contribution in [0.5, 0.6) is 0 Å². The van der Waals surface area contributed by atoms with Gasteiger partial charge in [0.1, 0.15) is 0 Å². The Morgan fingerprint density at radius 2 is 2.00 bits per heavy atom. The van der Waals surface area contributed by atoms with Crippen LogP contribution in [0, 0.1) is 13.8 Å². The van der Waals surface area contributed by atoms with E-state index in [0.717, 1.165) is 15.6 Å². The summed E-state index contributed by atoms with van der Waals surface area (Å²) in [7, 11) is 0. The molecule has 0 saturated carbocycles. The van der Waals surface area contributed by atoms with Gasteiger partial charge in [-0.15, -0.1) is 0 Å². The zero-order chi connectivity index (χ0) is 9.30. The van der Waals surface area contributed by atoms with Crippen LogP contribution in [0.25, 0.3) is 0 Å². The summed E-state index contributed by atoms with van der Waals surface area (Å²) in [6.07, 6.45) is 0. The van der Waals surface area contributed by atoms with Gasteiger partial charge in [-0.2, -0.15) is 0 Å². The lowest BCUT2D eigenvalue weighted by Gasteiger charge is -2.05. The topological polar surface area (TPSA) is 43.1 Å². The molecule has 0 heterocycles. The van der Waals surface area contributed by atoms with Gasteiger partial charge in [-0.25, -0.2) is 0 Å². The summed E-state index contributed by atoms with van der Waals surface area (Å²) < 4.78 is 0.771.